The minimum atomic E-state index is -0.288. The molecule has 0 spiro atoms. The van der Waals surface area contributed by atoms with Crippen molar-refractivity contribution in [1.82, 2.24) is 9.99 Å². The molecule has 26 heavy (non-hydrogen) atoms. The van der Waals surface area contributed by atoms with Gasteiger partial charge in [-0.3, -0.25) is 4.79 Å². The Morgan fingerprint density at radius 3 is 2.73 bits per heavy atom. The van der Waals surface area contributed by atoms with E-state index in [9.17, 15) is 4.79 Å². The van der Waals surface area contributed by atoms with Crippen LogP contribution in [0.4, 0.5) is 0 Å². The topological polar surface area (TPSA) is 64.9 Å². The van der Waals surface area contributed by atoms with E-state index in [4.69, 9.17) is 9.47 Å². The summed E-state index contributed by atoms with van der Waals surface area (Å²) in [6.45, 7) is 0.723. The van der Waals surface area contributed by atoms with Crippen LogP contribution in [0.5, 0.6) is 5.75 Å². The van der Waals surface area contributed by atoms with Gasteiger partial charge in [0.25, 0.3) is 0 Å². The van der Waals surface area contributed by atoms with Crippen molar-refractivity contribution in [3.8, 4) is 5.75 Å². The molecule has 0 aliphatic heterocycles. The summed E-state index contributed by atoms with van der Waals surface area (Å²) >= 11 is 0. The number of esters is 1. The summed E-state index contributed by atoms with van der Waals surface area (Å²) in [4.78, 5) is 11.6. The summed E-state index contributed by atoms with van der Waals surface area (Å²) in [6.07, 6.45) is 3.65. The van der Waals surface area contributed by atoms with Crippen LogP contribution in [0, 0.1) is 0 Å². The minimum absolute atomic E-state index is 0.166. The van der Waals surface area contributed by atoms with Crippen molar-refractivity contribution in [3.63, 3.8) is 0 Å². The van der Waals surface area contributed by atoms with Gasteiger partial charge in [0.2, 0.25) is 0 Å². The van der Waals surface area contributed by atoms with Gasteiger partial charge in [0.05, 0.1) is 27.0 Å². The molecule has 0 bridgehead atoms. The Kier molecular flexibility index (Phi) is 5.53. The Hall–Kier alpha value is -3.28. The fraction of sp³-hybridized carbons (Fsp3) is 0.200. The van der Waals surface area contributed by atoms with E-state index in [0.717, 1.165) is 27.8 Å². The van der Waals surface area contributed by atoms with Crippen LogP contribution in [-0.2, 0) is 22.6 Å². The van der Waals surface area contributed by atoms with Crippen molar-refractivity contribution in [2.75, 3.05) is 14.2 Å². The van der Waals surface area contributed by atoms with Gasteiger partial charge in [-0.2, -0.15) is 5.10 Å². The molecule has 0 aliphatic carbocycles. The van der Waals surface area contributed by atoms with E-state index in [2.05, 4.69) is 10.5 Å². The molecule has 3 rings (SSSR count). The summed E-state index contributed by atoms with van der Waals surface area (Å²) in [5, 5.41) is 5.34. The van der Waals surface area contributed by atoms with Gasteiger partial charge in [0.1, 0.15) is 12.3 Å². The number of benzene rings is 2. The average molecular weight is 351 g/mol. The molecule has 0 fully saturated rings. The Labute approximate surface area is 152 Å². The number of carbonyl (C=O) groups excluding carboxylic acids is 1. The molecular formula is C20H21N3O3. The molecule has 0 saturated heterocycles. The molecule has 1 heterocycles. The second kappa shape index (κ2) is 8.20. The van der Waals surface area contributed by atoms with Crippen molar-refractivity contribution in [1.29, 1.82) is 0 Å². The van der Waals surface area contributed by atoms with Gasteiger partial charge in [-0.25, -0.2) is 0 Å². The first-order valence-corrected chi connectivity index (χ1v) is 8.25. The maximum atomic E-state index is 11.6. The summed E-state index contributed by atoms with van der Waals surface area (Å²) in [7, 11) is 3.04. The first kappa shape index (κ1) is 17.5. The summed E-state index contributed by atoms with van der Waals surface area (Å²) in [5.41, 5.74) is 5.96. The molecule has 3 aromatic rings. The van der Waals surface area contributed by atoms with Crippen LogP contribution in [0.3, 0.4) is 0 Å². The standard InChI is InChI=1S/C20H21N3O3/c1-25-19-10-6-3-7-15(19)11-21-22-12-16-13-23(14-20(24)26-2)18-9-5-4-8-17(16)18/h3-10,12-13,21H,11,14H2,1-2H3/b22-12+. The quantitative estimate of drug-likeness (QED) is 0.404. The summed E-state index contributed by atoms with van der Waals surface area (Å²) in [6, 6.07) is 15.7. The third kappa shape index (κ3) is 3.85. The lowest BCUT2D eigenvalue weighted by molar-refractivity contribution is -0.141. The van der Waals surface area contributed by atoms with Crippen molar-refractivity contribution in [2.24, 2.45) is 5.10 Å². The van der Waals surface area contributed by atoms with Crippen LogP contribution in [0.15, 0.2) is 59.8 Å². The maximum absolute atomic E-state index is 11.6. The lowest BCUT2D eigenvalue weighted by Crippen LogP contribution is -2.10. The number of ether oxygens (including phenoxy) is 2. The Morgan fingerprint density at radius 1 is 1.15 bits per heavy atom. The van der Waals surface area contributed by atoms with E-state index in [1.165, 1.54) is 7.11 Å². The molecular weight excluding hydrogens is 330 g/mol. The maximum Gasteiger partial charge on any atom is 0.325 e. The highest BCUT2D eigenvalue weighted by molar-refractivity contribution is 5.99. The highest BCUT2D eigenvalue weighted by atomic mass is 16.5. The second-order valence-electron chi connectivity index (χ2n) is 5.71. The second-order valence-corrected chi connectivity index (χ2v) is 5.71. The zero-order valence-corrected chi connectivity index (χ0v) is 14.8. The highest BCUT2D eigenvalue weighted by Gasteiger charge is 2.09. The van der Waals surface area contributed by atoms with Crippen LogP contribution < -0.4 is 10.2 Å². The molecule has 134 valence electrons. The number of nitrogens with one attached hydrogen (secondary N) is 1. The lowest BCUT2D eigenvalue weighted by atomic mass is 10.2. The SMILES string of the molecule is COC(=O)Cn1cc(/C=N/NCc2ccccc2OC)c2ccccc21. The molecule has 0 radical (unpaired) electrons. The number of hydrogen-bond acceptors (Lipinski definition) is 5. The van der Waals surface area contributed by atoms with Gasteiger partial charge >= 0.3 is 5.97 Å². The fourth-order valence-electron chi connectivity index (χ4n) is 2.81. The number of fused-ring (bicyclic) bond motifs is 1. The normalized spacial score (nSPS) is 11.0. The molecule has 0 aliphatic rings. The van der Waals surface area contributed by atoms with Crippen molar-refractivity contribution in [3.05, 3.63) is 65.9 Å². The zero-order chi connectivity index (χ0) is 18.4. The Bertz CT molecular complexity index is 931. The van der Waals surface area contributed by atoms with Crippen molar-refractivity contribution < 1.29 is 14.3 Å². The van der Waals surface area contributed by atoms with Crippen LogP contribution >= 0.6 is 0 Å². The first-order chi connectivity index (χ1) is 12.7. The molecule has 0 atom stereocenters. The van der Waals surface area contributed by atoms with E-state index < -0.39 is 0 Å². The van der Waals surface area contributed by atoms with Crippen LogP contribution in [0.2, 0.25) is 0 Å². The van der Waals surface area contributed by atoms with Crippen LogP contribution in [0.1, 0.15) is 11.1 Å². The van der Waals surface area contributed by atoms with Gasteiger partial charge in [0.15, 0.2) is 0 Å². The molecule has 0 saturated carbocycles. The van der Waals surface area contributed by atoms with Gasteiger partial charge in [-0.1, -0.05) is 36.4 Å². The number of nitrogens with zero attached hydrogens (tertiary/aromatic N) is 2. The van der Waals surface area contributed by atoms with Gasteiger partial charge in [-0.05, 0) is 12.1 Å². The molecule has 0 amide bonds. The number of carbonyl (C=O) groups is 1. The first-order valence-electron chi connectivity index (χ1n) is 8.25. The van der Waals surface area contributed by atoms with E-state index in [0.29, 0.717) is 6.54 Å². The molecule has 6 nitrogen and oxygen atoms in total. The van der Waals surface area contributed by atoms with Gasteiger partial charge < -0.3 is 19.5 Å². The van der Waals surface area contributed by atoms with Gasteiger partial charge in [0, 0.05) is 28.2 Å². The minimum Gasteiger partial charge on any atom is -0.496 e. The molecule has 1 N–H and O–H groups in total. The predicted octanol–water partition coefficient (Wildman–Crippen LogP) is 2.95. The number of aromatic nitrogens is 1. The summed E-state index contributed by atoms with van der Waals surface area (Å²) < 4.78 is 12.0. The molecule has 6 heteroatoms. The summed E-state index contributed by atoms with van der Waals surface area (Å²) in [5.74, 6) is 0.536. The third-order valence-electron chi connectivity index (χ3n) is 4.10. The zero-order valence-electron chi connectivity index (χ0n) is 14.8. The third-order valence-corrected chi connectivity index (χ3v) is 4.10. The average Bonchev–Trinajstić information content (AvgIpc) is 3.03. The number of para-hydroxylation sites is 2. The van der Waals surface area contributed by atoms with Crippen molar-refractivity contribution >= 4 is 23.1 Å². The van der Waals surface area contributed by atoms with E-state index in [-0.39, 0.29) is 12.5 Å². The van der Waals surface area contributed by atoms with Crippen LogP contribution in [0.25, 0.3) is 10.9 Å². The fourth-order valence-corrected chi connectivity index (χ4v) is 2.81. The number of hydrogen-bond donors (Lipinski definition) is 1. The monoisotopic (exact) mass is 351 g/mol. The Balaban J connectivity index is 1.76. The molecule has 2 aromatic carbocycles. The number of methoxy groups -OCH3 is 2. The smallest absolute Gasteiger partial charge is 0.325 e. The largest absolute Gasteiger partial charge is 0.496 e. The highest BCUT2D eigenvalue weighted by Crippen LogP contribution is 2.20. The van der Waals surface area contributed by atoms with E-state index >= 15 is 0 Å². The number of hydrazone groups is 1. The lowest BCUT2D eigenvalue weighted by Gasteiger charge is -2.07. The van der Waals surface area contributed by atoms with Crippen LogP contribution in [-0.4, -0.2) is 31.0 Å². The van der Waals surface area contributed by atoms with Crippen molar-refractivity contribution in [2.45, 2.75) is 13.1 Å². The Morgan fingerprint density at radius 2 is 1.92 bits per heavy atom. The number of rotatable bonds is 7. The predicted molar refractivity (Wildman–Crippen MR) is 101 cm³/mol. The van der Waals surface area contributed by atoms with Gasteiger partial charge in [-0.15, -0.1) is 0 Å². The molecule has 0 unspecified atom stereocenters. The molecule has 1 aromatic heterocycles. The van der Waals surface area contributed by atoms with E-state index in [1.807, 2.05) is 59.3 Å². The van der Waals surface area contributed by atoms with E-state index in [1.54, 1.807) is 13.3 Å².